The predicted octanol–water partition coefficient (Wildman–Crippen LogP) is 5.15. The maximum atomic E-state index is 12.6. The van der Waals surface area contributed by atoms with Crippen LogP contribution in [0.5, 0.6) is 5.75 Å². The Labute approximate surface area is 179 Å². The Hall–Kier alpha value is -3.38. The molecule has 0 aromatic heterocycles. The van der Waals surface area contributed by atoms with E-state index >= 15 is 0 Å². The highest BCUT2D eigenvalue weighted by molar-refractivity contribution is 8.00. The SMILES string of the molecule is CC(=O)CSc1ccccc1C(=O)Oc1ccc(NC(=O)c2cccc(C)c2)cc1. The highest BCUT2D eigenvalue weighted by Gasteiger charge is 2.14. The van der Waals surface area contributed by atoms with Crippen molar-refractivity contribution in [3.8, 4) is 5.75 Å². The van der Waals surface area contributed by atoms with Gasteiger partial charge < -0.3 is 10.1 Å². The highest BCUT2D eigenvalue weighted by atomic mass is 32.2. The van der Waals surface area contributed by atoms with Gasteiger partial charge in [0.15, 0.2) is 0 Å². The van der Waals surface area contributed by atoms with E-state index in [1.54, 1.807) is 48.5 Å². The van der Waals surface area contributed by atoms with Gasteiger partial charge in [-0.15, -0.1) is 11.8 Å². The van der Waals surface area contributed by atoms with Gasteiger partial charge >= 0.3 is 5.97 Å². The Morgan fingerprint density at radius 1 is 0.933 bits per heavy atom. The molecule has 3 aromatic carbocycles. The van der Waals surface area contributed by atoms with Crippen LogP contribution in [0.25, 0.3) is 0 Å². The summed E-state index contributed by atoms with van der Waals surface area (Å²) in [6.07, 6.45) is 0. The van der Waals surface area contributed by atoms with E-state index in [9.17, 15) is 14.4 Å². The molecule has 5 nitrogen and oxygen atoms in total. The van der Waals surface area contributed by atoms with Crippen LogP contribution >= 0.6 is 11.8 Å². The zero-order chi connectivity index (χ0) is 21.5. The van der Waals surface area contributed by atoms with Crippen molar-refractivity contribution >= 4 is 35.1 Å². The van der Waals surface area contributed by atoms with E-state index in [0.29, 0.717) is 33.2 Å². The number of hydrogen-bond donors (Lipinski definition) is 1. The second kappa shape index (κ2) is 9.89. The molecule has 0 aliphatic carbocycles. The molecule has 6 heteroatoms. The molecule has 0 bridgehead atoms. The summed E-state index contributed by atoms with van der Waals surface area (Å²) in [5, 5.41) is 2.82. The van der Waals surface area contributed by atoms with E-state index in [-0.39, 0.29) is 11.7 Å². The van der Waals surface area contributed by atoms with Crippen molar-refractivity contribution in [2.45, 2.75) is 18.7 Å². The molecule has 1 N–H and O–H groups in total. The molecule has 30 heavy (non-hydrogen) atoms. The van der Waals surface area contributed by atoms with Gasteiger partial charge in [0.2, 0.25) is 0 Å². The average molecular weight is 420 g/mol. The lowest BCUT2D eigenvalue weighted by molar-refractivity contribution is -0.114. The summed E-state index contributed by atoms with van der Waals surface area (Å²) in [6.45, 7) is 3.43. The minimum absolute atomic E-state index is 0.0338. The van der Waals surface area contributed by atoms with Crippen LogP contribution in [0.4, 0.5) is 5.69 Å². The third kappa shape index (κ3) is 5.81. The average Bonchev–Trinajstić information content (AvgIpc) is 2.73. The van der Waals surface area contributed by atoms with E-state index in [4.69, 9.17) is 4.74 Å². The van der Waals surface area contributed by atoms with Crippen LogP contribution in [0.1, 0.15) is 33.2 Å². The Morgan fingerprint density at radius 3 is 2.37 bits per heavy atom. The fourth-order valence-corrected chi connectivity index (χ4v) is 3.54. The van der Waals surface area contributed by atoms with Gasteiger partial charge in [0.1, 0.15) is 11.5 Å². The lowest BCUT2D eigenvalue weighted by Gasteiger charge is -2.10. The van der Waals surface area contributed by atoms with E-state index in [1.165, 1.54) is 18.7 Å². The van der Waals surface area contributed by atoms with Crippen LogP contribution in [-0.4, -0.2) is 23.4 Å². The molecule has 0 unspecified atom stereocenters. The molecule has 3 aromatic rings. The zero-order valence-electron chi connectivity index (χ0n) is 16.7. The van der Waals surface area contributed by atoms with Gasteiger partial charge in [0.05, 0.1) is 11.3 Å². The fourth-order valence-electron chi connectivity index (χ4n) is 2.70. The Kier molecular flexibility index (Phi) is 7.03. The first-order valence-corrected chi connectivity index (χ1v) is 10.3. The first-order chi connectivity index (χ1) is 14.4. The van der Waals surface area contributed by atoms with E-state index in [2.05, 4.69) is 5.32 Å². The lowest BCUT2D eigenvalue weighted by Crippen LogP contribution is -2.12. The molecule has 1 amide bonds. The smallest absolute Gasteiger partial charge is 0.344 e. The summed E-state index contributed by atoms with van der Waals surface area (Å²) in [5.41, 5.74) is 2.58. The molecular formula is C24H21NO4S. The van der Waals surface area contributed by atoms with Crippen molar-refractivity contribution in [2.75, 3.05) is 11.1 Å². The number of carbonyl (C=O) groups is 3. The quantitative estimate of drug-likeness (QED) is 0.326. The first-order valence-electron chi connectivity index (χ1n) is 9.34. The standard InChI is InChI=1S/C24H21NO4S/c1-16-6-5-7-18(14-16)23(27)25-19-10-12-20(13-11-19)29-24(28)21-8-3-4-9-22(21)30-15-17(2)26/h3-14H,15H2,1-2H3,(H,25,27). The molecule has 0 saturated carbocycles. The number of carbonyl (C=O) groups excluding carboxylic acids is 3. The van der Waals surface area contributed by atoms with Crippen molar-refractivity contribution in [3.63, 3.8) is 0 Å². The monoisotopic (exact) mass is 419 g/mol. The summed E-state index contributed by atoms with van der Waals surface area (Å²) >= 11 is 1.30. The van der Waals surface area contributed by atoms with Crippen molar-refractivity contribution in [1.82, 2.24) is 0 Å². The van der Waals surface area contributed by atoms with Gasteiger partial charge in [-0.1, -0.05) is 29.8 Å². The number of thioether (sulfide) groups is 1. The van der Waals surface area contributed by atoms with Crippen molar-refractivity contribution in [1.29, 1.82) is 0 Å². The number of ether oxygens (including phenoxy) is 1. The number of Topliss-reactive ketones (excluding diaryl/α,β-unsaturated/α-hetero) is 1. The Bertz CT molecular complexity index is 1080. The largest absolute Gasteiger partial charge is 0.423 e. The molecule has 0 spiro atoms. The molecule has 152 valence electrons. The third-order valence-electron chi connectivity index (χ3n) is 4.14. The summed E-state index contributed by atoms with van der Waals surface area (Å²) in [7, 11) is 0. The summed E-state index contributed by atoms with van der Waals surface area (Å²) in [5.74, 6) is -0.0240. The normalized spacial score (nSPS) is 10.3. The van der Waals surface area contributed by atoms with Gasteiger partial charge in [-0.25, -0.2) is 4.79 Å². The molecule has 3 rings (SSSR count). The number of nitrogens with one attached hydrogen (secondary N) is 1. The number of esters is 1. The van der Waals surface area contributed by atoms with E-state index < -0.39 is 5.97 Å². The van der Waals surface area contributed by atoms with Crippen LogP contribution < -0.4 is 10.1 Å². The summed E-state index contributed by atoms with van der Waals surface area (Å²) < 4.78 is 5.46. The highest BCUT2D eigenvalue weighted by Crippen LogP contribution is 2.25. The topological polar surface area (TPSA) is 72.5 Å². The number of amides is 1. The van der Waals surface area contributed by atoms with Crippen LogP contribution in [0.15, 0.2) is 77.7 Å². The number of aryl methyl sites for hydroxylation is 1. The molecule has 0 heterocycles. The Balaban J connectivity index is 1.65. The maximum absolute atomic E-state index is 12.6. The Morgan fingerprint density at radius 2 is 1.67 bits per heavy atom. The van der Waals surface area contributed by atoms with Gasteiger partial charge in [-0.2, -0.15) is 0 Å². The van der Waals surface area contributed by atoms with Gasteiger partial charge in [-0.05, 0) is 62.4 Å². The van der Waals surface area contributed by atoms with Crippen molar-refractivity contribution in [2.24, 2.45) is 0 Å². The van der Waals surface area contributed by atoms with Crippen molar-refractivity contribution < 1.29 is 19.1 Å². The number of ketones is 1. The molecule has 0 saturated heterocycles. The van der Waals surface area contributed by atoms with Gasteiger partial charge in [-0.3, -0.25) is 9.59 Å². The van der Waals surface area contributed by atoms with E-state index in [1.807, 2.05) is 31.2 Å². The molecule has 0 fully saturated rings. The lowest BCUT2D eigenvalue weighted by atomic mass is 10.1. The second-order valence-electron chi connectivity index (χ2n) is 6.72. The maximum Gasteiger partial charge on any atom is 0.344 e. The van der Waals surface area contributed by atoms with Crippen LogP contribution in [0.2, 0.25) is 0 Å². The van der Waals surface area contributed by atoms with E-state index in [0.717, 1.165) is 5.56 Å². The molecule has 0 aliphatic rings. The fraction of sp³-hybridized carbons (Fsp3) is 0.125. The molecular weight excluding hydrogens is 398 g/mol. The predicted molar refractivity (Wildman–Crippen MR) is 118 cm³/mol. The first kappa shape index (κ1) is 21.3. The number of anilines is 1. The van der Waals surface area contributed by atoms with Crippen LogP contribution in [-0.2, 0) is 4.79 Å². The summed E-state index contributed by atoms with van der Waals surface area (Å²) in [4.78, 5) is 36.8. The third-order valence-corrected chi connectivity index (χ3v) is 5.36. The van der Waals surface area contributed by atoms with Crippen LogP contribution in [0.3, 0.4) is 0 Å². The minimum Gasteiger partial charge on any atom is -0.423 e. The van der Waals surface area contributed by atoms with Crippen molar-refractivity contribution in [3.05, 3.63) is 89.5 Å². The minimum atomic E-state index is -0.502. The number of benzene rings is 3. The van der Waals surface area contributed by atoms with Gasteiger partial charge in [0.25, 0.3) is 5.91 Å². The number of rotatable bonds is 7. The molecule has 0 radical (unpaired) electrons. The van der Waals surface area contributed by atoms with Crippen LogP contribution in [0, 0.1) is 6.92 Å². The second-order valence-corrected chi connectivity index (χ2v) is 7.74. The number of hydrogen-bond acceptors (Lipinski definition) is 5. The molecule has 0 aliphatic heterocycles. The van der Waals surface area contributed by atoms with Gasteiger partial charge in [0, 0.05) is 16.1 Å². The summed E-state index contributed by atoms with van der Waals surface area (Å²) in [6, 6.07) is 20.9. The zero-order valence-corrected chi connectivity index (χ0v) is 17.5. The molecule has 0 atom stereocenters.